The molecule has 7 nitrogen and oxygen atoms in total. The van der Waals surface area contributed by atoms with E-state index >= 15 is 0 Å². The third kappa shape index (κ3) is 3.42. The maximum Gasteiger partial charge on any atom is 0.325 e. The lowest BCUT2D eigenvalue weighted by Gasteiger charge is -2.05. The molecule has 0 saturated carbocycles. The first-order chi connectivity index (χ1) is 8.45. The van der Waals surface area contributed by atoms with Crippen molar-refractivity contribution in [1.82, 2.24) is 5.32 Å². The minimum atomic E-state index is -0.623. The summed E-state index contributed by atoms with van der Waals surface area (Å²) in [6, 6.07) is 3.43. The van der Waals surface area contributed by atoms with Gasteiger partial charge in [0.15, 0.2) is 0 Å². The lowest BCUT2D eigenvalue weighted by atomic mass is 10.2. The Morgan fingerprint density at radius 3 is 2.67 bits per heavy atom. The molecule has 0 atom stereocenters. The Labute approximate surface area is 107 Å². The van der Waals surface area contributed by atoms with Crippen molar-refractivity contribution in [3.05, 3.63) is 38.9 Å². The molecule has 1 N–H and O–H groups in total. The molecule has 8 heteroatoms. The molecule has 0 aliphatic heterocycles. The van der Waals surface area contributed by atoms with Crippen LogP contribution in [-0.4, -0.2) is 30.5 Å². The smallest absolute Gasteiger partial charge is 0.325 e. The van der Waals surface area contributed by atoms with Gasteiger partial charge in [-0.3, -0.25) is 19.7 Å². The molecule has 1 aromatic carbocycles. The number of benzene rings is 1. The van der Waals surface area contributed by atoms with Crippen LogP contribution in [0.25, 0.3) is 0 Å². The molecule has 0 heterocycles. The van der Waals surface area contributed by atoms with E-state index in [9.17, 15) is 19.7 Å². The van der Waals surface area contributed by atoms with Crippen LogP contribution >= 0.6 is 11.6 Å². The molecule has 96 valence electrons. The van der Waals surface area contributed by atoms with E-state index in [4.69, 9.17) is 11.6 Å². The van der Waals surface area contributed by atoms with Gasteiger partial charge >= 0.3 is 5.97 Å². The quantitative estimate of drug-likeness (QED) is 0.503. The minimum Gasteiger partial charge on any atom is -0.468 e. The van der Waals surface area contributed by atoms with E-state index in [1.807, 2.05) is 0 Å². The zero-order valence-electron chi connectivity index (χ0n) is 9.31. The Kier molecular flexibility index (Phi) is 4.61. The molecule has 0 spiro atoms. The van der Waals surface area contributed by atoms with Gasteiger partial charge in [0.25, 0.3) is 11.6 Å². The van der Waals surface area contributed by atoms with Crippen molar-refractivity contribution in [2.24, 2.45) is 0 Å². The second kappa shape index (κ2) is 5.97. The third-order valence-corrected chi connectivity index (χ3v) is 2.34. The van der Waals surface area contributed by atoms with Gasteiger partial charge in [-0.1, -0.05) is 11.6 Å². The summed E-state index contributed by atoms with van der Waals surface area (Å²) in [4.78, 5) is 32.3. The molecule has 0 saturated heterocycles. The minimum absolute atomic E-state index is 0.0474. The highest BCUT2D eigenvalue weighted by Crippen LogP contribution is 2.22. The van der Waals surface area contributed by atoms with E-state index in [1.54, 1.807) is 0 Å². The summed E-state index contributed by atoms with van der Waals surface area (Å²) < 4.78 is 4.34. The number of nitro benzene ring substituents is 1. The van der Waals surface area contributed by atoms with E-state index in [0.717, 1.165) is 12.1 Å². The molecule has 0 aliphatic rings. The third-order valence-electron chi connectivity index (χ3n) is 2.03. The zero-order chi connectivity index (χ0) is 13.7. The van der Waals surface area contributed by atoms with Gasteiger partial charge in [0.1, 0.15) is 6.54 Å². The Morgan fingerprint density at radius 2 is 2.17 bits per heavy atom. The summed E-state index contributed by atoms with van der Waals surface area (Å²) in [7, 11) is 1.19. The lowest BCUT2D eigenvalue weighted by Crippen LogP contribution is -2.30. The predicted molar refractivity (Wildman–Crippen MR) is 62.5 cm³/mol. The Hall–Kier alpha value is -2.15. The number of nitrogens with one attached hydrogen (secondary N) is 1. The SMILES string of the molecule is COC(=O)CNC(=O)c1ccc([N+](=O)[O-])cc1Cl. The summed E-state index contributed by atoms with van der Waals surface area (Å²) >= 11 is 5.74. The van der Waals surface area contributed by atoms with Crippen LogP contribution in [0.15, 0.2) is 18.2 Å². The average Bonchev–Trinajstić information content (AvgIpc) is 2.35. The van der Waals surface area contributed by atoms with Crippen LogP contribution in [0.1, 0.15) is 10.4 Å². The molecule has 0 fully saturated rings. The molecule has 1 rings (SSSR count). The Bertz CT molecular complexity index is 503. The van der Waals surface area contributed by atoms with Gasteiger partial charge in [0.05, 0.1) is 22.6 Å². The highest BCUT2D eigenvalue weighted by molar-refractivity contribution is 6.34. The number of hydrogen-bond donors (Lipinski definition) is 1. The second-order valence-corrected chi connectivity index (χ2v) is 3.59. The fourth-order valence-electron chi connectivity index (χ4n) is 1.12. The van der Waals surface area contributed by atoms with Crippen molar-refractivity contribution in [3.8, 4) is 0 Å². The lowest BCUT2D eigenvalue weighted by molar-refractivity contribution is -0.384. The largest absolute Gasteiger partial charge is 0.468 e. The molecule has 0 aliphatic carbocycles. The summed E-state index contributed by atoms with van der Waals surface area (Å²) in [5.74, 6) is -1.22. The number of amides is 1. The van der Waals surface area contributed by atoms with Crippen LogP contribution in [0.3, 0.4) is 0 Å². The summed E-state index contributed by atoms with van der Waals surface area (Å²) in [5, 5.41) is 12.7. The molecule has 0 radical (unpaired) electrons. The molecule has 1 amide bonds. The standard InChI is InChI=1S/C10H9ClN2O5/c1-18-9(14)5-12-10(15)7-3-2-6(13(16)17)4-8(7)11/h2-4H,5H2,1H3,(H,12,15). The van der Waals surface area contributed by atoms with Crippen LogP contribution in [0, 0.1) is 10.1 Å². The second-order valence-electron chi connectivity index (χ2n) is 3.18. The van der Waals surface area contributed by atoms with E-state index in [2.05, 4.69) is 10.1 Å². The molecule has 18 heavy (non-hydrogen) atoms. The molecule has 0 bridgehead atoms. The normalized spacial score (nSPS) is 9.67. The van der Waals surface area contributed by atoms with Crippen molar-refractivity contribution >= 4 is 29.2 Å². The van der Waals surface area contributed by atoms with E-state index < -0.39 is 16.8 Å². The van der Waals surface area contributed by atoms with Crippen molar-refractivity contribution in [3.63, 3.8) is 0 Å². The van der Waals surface area contributed by atoms with Crippen LogP contribution in [0.4, 0.5) is 5.69 Å². The molecular weight excluding hydrogens is 264 g/mol. The van der Waals surface area contributed by atoms with Gasteiger partial charge in [-0.2, -0.15) is 0 Å². The monoisotopic (exact) mass is 272 g/mol. The molecule has 0 aromatic heterocycles. The van der Waals surface area contributed by atoms with E-state index in [-0.39, 0.29) is 22.8 Å². The number of methoxy groups -OCH3 is 1. The number of nitro groups is 1. The van der Waals surface area contributed by atoms with Crippen LogP contribution in [0.5, 0.6) is 0 Å². The maximum absolute atomic E-state index is 11.6. The van der Waals surface area contributed by atoms with Crippen LogP contribution in [-0.2, 0) is 9.53 Å². The summed E-state index contributed by atoms with van der Waals surface area (Å²) in [6.07, 6.45) is 0. The first-order valence-electron chi connectivity index (χ1n) is 4.74. The first-order valence-corrected chi connectivity index (χ1v) is 5.12. The maximum atomic E-state index is 11.6. The number of non-ortho nitro benzene ring substituents is 1. The van der Waals surface area contributed by atoms with Gasteiger partial charge in [0, 0.05) is 12.1 Å². The van der Waals surface area contributed by atoms with Crippen molar-refractivity contribution in [2.45, 2.75) is 0 Å². The fourth-order valence-corrected chi connectivity index (χ4v) is 1.38. The predicted octanol–water partition coefficient (Wildman–Crippen LogP) is 1.15. The number of ether oxygens (including phenoxy) is 1. The number of carbonyl (C=O) groups excluding carboxylic acids is 2. The van der Waals surface area contributed by atoms with Crippen LogP contribution in [0.2, 0.25) is 5.02 Å². The van der Waals surface area contributed by atoms with Gasteiger partial charge < -0.3 is 10.1 Å². The fraction of sp³-hybridized carbons (Fsp3) is 0.200. The van der Waals surface area contributed by atoms with Gasteiger partial charge in [-0.15, -0.1) is 0 Å². The van der Waals surface area contributed by atoms with Gasteiger partial charge in [0.2, 0.25) is 0 Å². The molecular formula is C10H9ClN2O5. The van der Waals surface area contributed by atoms with E-state index in [0.29, 0.717) is 0 Å². The number of rotatable bonds is 4. The van der Waals surface area contributed by atoms with E-state index in [1.165, 1.54) is 13.2 Å². The average molecular weight is 273 g/mol. The van der Waals surface area contributed by atoms with Gasteiger partial charge in [-0.05, 0) is 6.07 Å². The zero-order valence-corrected chi connectivity index (χ0v) is 10.1. The summed E-state index contributed by atoms with van der Waals surface area (Å²) in [5.41, 5.74) is -0.171. The topological polar surface area (TPSA) is 98.5 Å². The first kappa shape index (κ1) is 13.9. The van der Waals surface area contributed by atoms with Crippen LogP contribution < -0.4 is 5.32 Å². The number of hydrogen-bond acceptors (Lipinski definition) is 5. The highest BCUT2D eigenvalue weighted by Gasteiger charge is 2.15. The number of carbonyl (C=O) groups is 2. The van der Waals surface area contributed by atoms with Crippen molar-refractivity contribution < 1.29 is 19.2 Å². The molecule has 1 aromatic rings. The highest BCUT2D eigenvalue weighted by atomic mass is 35.5. The Balaban J connectivity index is 2.81. The number of halogens is 1. The van der Waals surface area contributed by atoms with Gasteiger partial charge in [-0.25, -0.2) is 0 Å². The van der Waals surface area contributed by atoms with Crippen molar-refractivity contribution in [2.75, 3.05) is 13.7 Å². The number of esters is 1. The Morgan fingerprint density at radius 1 is 1.50 bits per heavy atom. The van der Waals surface area contributed by atoms with Crippen molar-refractivity contribution in [1.29, 1.82) is 0 Å². The number of nitrogens with zero attached hydrogens (tertiary/aromatic N) is 1. The summed E-state index contributed by atoms with van der Waals surface area (Å²) in [6.45, 7) is -0.303. The molecule has 0 unspecified atom stereocenters.